The third-order valence-corrected chi connectivity index (χ3v) is 5.64. The Morgan fingerprint density at radius 1 is 1.24 bits per heavy atom. The van der Waals surface area contributed by atoms with Crippen LogP contribution in [0, 0.1) is 0 Å². The Hall–Kier alpha value is -1.79. The zero-order valence-electron chi connectivity index (χ0n) is 14.8. The summed E-state index contributed by atoms with van der Waals surface area (Å²) in [4.78, 5) is 23.4. The van der Waals surface area contributed by atoms with Crippen LogP contribution in [0.5, 0.6) is 0 Å². The van der Waals surface area contributed by atoms with Gasteiger partial charge in [0, 0.05) is 36.3 Å². The summed E-state index contributed by atoms with van der Waals surface area (Å²) in [5.41, 5.74) is 2.06. The molecule has 0 unspecified atom stereocenters. The second kappa shape index (κ2) is 9.06. The van der Waals surface area contributed by atoms with Gasteiger partial charge in [0.1, 0.15) is 0 Å². The first-order valence-electron chi connectivity index (χ1n) is 9.10. The van der Waals surface area contributed by atoms with Crippen LogP contribution < -0.4 is 5.32 Å². The van der Waals surface area contributed by atoms with Gasteiger partial charge in [-0.25, -0.2) is 4.98 Å². The molecule has 0 aromatic carbocycles. The van der Waals surface area contributed by atoms with E-state index in [1.165, 1.54) is 25.7 Å². The average molecular weight is 359 g/mol. The number of aromatic nitrogens is 2. The van der Waals surface area contributed by atoms with Crippen molar-refractivity contribution in [3.05, 3.63) is 34.9 Å². The van der Waals surface area contributed by atoms with Gasteiger partial charge in [-0.15, -0.1) is 11.3 Å². The minimum Gasteiger partial charge on any atom is -0.354 e. The predicted molar refractivity (Wildman–Crippen MR) is 102 cm³/mol. The highest BCUT2D eigenvalue weighted by atomic mass is 32.1. The highest BCUT2D eigenvalue weighted by Crippen LogP contribution is 2.21. The third-order valence-electron chi connectivity index (χ3n) is 4.73. The molecule has 1 fully saturated rings. The van der Waals surface area contributed by atoms with Crippen molar-refractivity contribution in [1.29, 1.82) is 0 Å². The number of nitrogens with one attached hydrogen (secondary N) is 1. The van der Waals surface area contributed by atoms with Crippen LogP contribution in [0.2, 0.25) is 0 Å². The van der Waals surface area contributed by atoms with E-state index in [1.54, 1.807) is 23.7 Å². The zero-order valence-corrected chi connectivity index (χ0v) is 15.6. The first kappa shape index (κ1) is 18.0. The van der Waals surface area contributed by atoms with Gasteiger partial charge < -0.3 is 5.32 Å². The lowest BCUT2D eigenvalue weighted by atomic mass is 10.2. The normalized spacial score (nSPS) is 17.0. The number of hydrogen-bond donors (Lipinski definition) is 1. The molecule has 0 aliphatic carbocycles. The highest BCUT2D eigenvalue weighted by Gasteiger charge is 2.21. The molecule has 1 amide bonds. The lowest BCUT2D eigenvalue weighted by molar-refractivity contribution is -0.125. The van der Waals surface area contributed by atoms with Gasteiger partial charge >= 0.3 is 0 Å². The number of carbonyl (C=O) groups excluding carboxylic acids is 1. The van der Waals surface area contributed by atoms with E-state index in [1.807, 2.05) is 19.1 Å². The van der Waals surface area contributed by atoms with E-state index >= 15 is 0 Å². The maximum Gasteiger partial charge on any atom is 0.237 e. The van der Waals surface area contributed by atoms with Crippen LogP contribution in [0.4, 0.5) is 0 Å². The van der Waals surface area contributed by atoms with Gasteiger partial charge in [0.05, 0.1) is 16.7 Å². The summed E-state index contributed by atoms with van der Waals surface area (Å²) in [5.74, 6) is 0.132. The molecule has 0 spiro atoms. The molecule has 2 aromatic rings. The third kappa shape index (κ3) is 5.09. The summed E-state index contributed by atoms with van der Waals surface area (Å²) in [6.07, 6.45) is 9.30. The summed E-state index contributed by atoms with van der Waals surface area (Å²) < 4.78 is 0. The van der Waals surface area contributed by atoms with Crippen molar-refractivity contribution in [1.82, 2.24) is 20.2 Å². The molecule has 0 saturated carbocycles. The summed E-state index contributed by atoms with van der Waals surface area (Å²) in [7, 11) is 0. The van der Waals surface area contributed by atoms with Crippen molar-refractivity contribution in [3.8, 4) is 11.3 Å². The Kier molecular flexibility index (Phi) is 6.53. The van der Waals surface area contributed by atoms with E-state index < -0.39 is 0 Å². The molecule has 2 aromatic heterocycles. The molecule has 3 heterocycles. The van der Waals surface area contributed by atoms with E-state index in [9.17, 15) is 4.79 Å². The van der Waals surface area contributed by atoms with Crippen LogP contribution in [0.15, 0.2) is 29.9 Å². The molecule has 1 atom stereocenters. The van der Waals surface area contributed by atoms with Gasteiger partial charge in [0.15, 0.2) is 0 Å². The van der Waals surface area contributed by atoms with Crippen molar-refractivity contribution >= 4 is 17.2 Å². The van der Waals surface area contributed by atoms with E-state index in [0.717, 1.165) is 35.8 Å². The molecule has 5 nitrogen and oxygen atoms in total. The molecule has 0 radical (unpaired) electrons. The van der Waals surface area contributed by atoms with Crippen LogP contribution in [0.25, 0.3) is 11.3 Å². The maximum absolute atomic E-state index is 12.4. The number of likely N-dealkylation sites (tertiary alicyclic amines) is 1. The van der Waals surface area contributed by atoms with Gasteiger partial charge in [-0.05, 0) is 45.0 Å². The first-order valence-corrected chi connectivity index (χ1v) is 9.98. The van der Waals surface area contributed by atoms with Crippen LogP contribution in [-0.4, -0.2) is 46.5 Å². The number of carbonyl (C=O) groups is 1. The fraction of sp³-hybridized carbons (Fsp3) is 0.526. The quantitative estimate of drug-likeness (QED) is 0.862. The molecule has 25 heavy (non-hydrogen) atoms. The van der Waals surface area contributed by atoms with E-state index in [-0.39, 0.29) is 11.9 Å². The minimum atomic E-state index is -0.0400. The molecule has 3 rings (SSSR count). The molecule has 1 N–H and O–H groups in total. The second-order valence-electron chi connectivity index (χ2n) is 6.53. The molecule has 134 valence electrons. The SMILES string of the molecule is C[C@@H](C(=O)NCCc1nc(-c2ccncc2)cs1)N1CCCCCC1. The summed E-state index contributed by atoms with van der Waals surface area (Å²) in [6, 6.07) is 3.88. The Bertz CT molecular complexity index is 665. The molecule has 1 saturated heterocycles. The van der Waals surface area contributed by atoms with Crippen molar-refractivity contribution < 1.29 is 4.79 Å². The number of pyridine rings is 1. The number of rotatable bonds is 6. The molecule has 0 bridgehead atoms. The van der Waals surface area contributed by atoms with Gasteiger partial charge in [-0.2, -0.15) is 0 Å². The number of amides is 1. The van der Waals surface area contributed by atoms with Crippen LogP contribution in [-0.2, 0) is 11.2 Å². The summed E-state index contributed by atoms with van der Waals surface area (Å²) in [6.45, 7) is 4.73. The lowest BCUT2D eigenvalue weighted by Crippen LogP contribution is -2.46. The van der Waals surface area contributed by atoms with Crippen molar-refractivity contribution in [3.63, 3.8) is 0 Å². The van der Waals surface area contributed by atoms with E-state index in [2.05, 4.69) is 25.6 Å². The molecular formula is C19H26N4OS. The molecular weight excluding hydrogens is 332 g/mol. The van der Waals surface area contributed by atoms with Gasteiger partial charge in [-0.3, -0.25) is 14.7 Å². The predicted octanol–water partition coefficient (Wildman–Crippen LogP) is 3.13. The average Bonchev–Trinajstić information content (AvgIpc) is 2.95. The van der Waals surface area contributed by atoms with E-state index in [0.29, 0.717) is 6.54 Å². The Morgan fingerprint density at radius 3 is 2.68 bits per heavy atom. The minimum absolute atomic E-state index is 0.0400. The van der Waals surface area contributed by atoms with Gasteiger partial charge in [-0.1, -0.05) is 12.8 Å². The van der Waals surface area contributed by atoms with Crippen LogP contribution in [0.3, 0.4) is 0 Å². The Morgan fingerprint density at radius 2 is 1.96 bits per heavy atom. The fourth-order valence-corrected chi connectivity index (χ4v) is 3.98. The van der Waals surface area contributed by atoms with Crippen molar-refractivity contribution in [2.24, 2.45) is 0 Å². The Balaban J connectivity index is 1.46. The summed E-state index contributed by atoms with van der Waals surface area (Å²) >= 11 is 1.64. The summed E-state index contributed by atoms with van der Waals surface area (Å²) in [5, 5.41) is 6.19. The smallest absolute Gasteiger partial charge is 0.237 e. The zero-order chi connectivity index (χ0) is 17.5. The van der Waals surface area contributed by atoms with Crippen LogP contribution >= 0.6 is 11.3 Å². The highest BCUT2D eigenvalue weighted by molar-refractivity contribution is 7.09. The number of nitrogens with zero attached hydrogens (tertiary/aromatic N) is 3. The molecule has 1 aliphatic rings. The number of hydrogen-bond acceptors (Lipinski definition) is 5. The molecule has 6 heteroatoms. The topological polar surface area (TPSA) is 58.1 Å². The van der Waals surface area contributed by atoms with Crippen LogP contribution in [0.1, 0.15) is 37.6 Å². The lowest BCUT2D eigenvalue weighted by Gasteiger charge is -2.26. The maximum atomic E-state index is 12.4. The molecule has 1 aliphatic heterocycles. The van der Waals surface area contributed by atoms with Gasteiger partial charge in [0.2, 0.25) is 5.91 Å². The Labute approximate surface area is 153 Å². The standard InChI is InChI=1S/C19H26N4OS/c1-15(23-12-4-2-3-5-13-23)19(24)21-11-8-18-22-17(14-25-18)16-6-9-20-10-7-16/h6-7,9-10,14-15H,2-5,8,11-13H2,1H3,(H,21,24)/t15-/m0/s1. The van der Waals surface area contributed by atoms with E-state index in [4.69, 9.17) is 0 Å². The second-order valence-corrected chi connectivity index (χ2v) is 7.47. The first-order chi connectivity index (χ1) is 12.2. The van der Waals surface area contributed by atoms with Crippen molar-refractivity contribution in [2.45, 2.75) is 45.1 Å². The monoisotopic (exact) mass is 358 g/mol. The van der Waals surface area contributed by atoms with Crippen molar-refractivity contribution in [2.75, 3.05) is 19.6 Å². The largest absolute Gasteiger partial charge is 0.354 e. The number of thiazole rings is 1. The van der Waals surface area contributed by atoms with Gasteiger partial charge in [0.25, 0.3) is 0 Å². The fourth-order valence-electron chi connectivity index (χ4n) is 3.17.